The van der Waals surface area contributed by atoms with E-state index in [2.05, 4.69) is 50.4 Å². The fraction of sp³-hybridized carbons (Fsp3) is 0.611. The van der Waals surface area contributed by atoms with Gasteiger partial charge in [-0.05, 0) is 25.3 Å². The van der Waals surface area contributed by atoms with E-state index in [-0.39, 0.29) is 11.3 Å². The maximum atomic E-state index is 12.4. The van der Waals surface area contributed by atoms with Gasteiger partial charge in [0.15, 0.2) is 0 Å². The predicted molar refractivity (Wildman–Crippen MR) is 87.2 cm³/mol. The summed E-state index contributed by atoms with van der Waals surface area (Å²) in [5.41, 5.74) is 8.03. The standard InChI is InChI=1S/C18H28N2O/c1-14-8-7-9-15(12-14)17(2,3)13-20-16(21)18(19)10-5-4-6-11-18/h7-9,12H,4-6,10-11,13,19H2,1-3H3,(H,20,21). The van der Waals surface area contributed by atoms with E-state index < -0.39 is 5.54 Å². The summed E-state index contributed by atoms with van der Waals surface area (Å²) in [7, 11) is 0. The van der Waals surface area contributed by atoms with Crippen LogP contribution in [0.4, 0.5) is 0 Å². The second-order valence-corrected chi connectivity index (χ2v) is 7.15. The molecule has 1 saturated carbocycles. The van der Waals surface area contributed by atoms with Crippen molar-refractivity contribution in [2.24, 2.45) is 5.73 Å². The Morgan fingerprint density at radius 3 is 2.57 bits per heavy atom. The van der Waals surface area contributed by atoms with E-state index in [9.17, 15) is 4.79 Å². The highest BCUT2D eigenvalue weighted by Gasteiger charge is 2.36. The molecule has 0 aliphatic heterocycles. The van der Waals surface area contributed by atoms with Crippen molar-refractivity contribution in [3.05, 3.63) is 35.4 Å². The number of hydrogen-bond acceptors (Lipinski definition) is 2. The first-order chi connectivity index (χ1) is 9.83. The number of benzene rings is 1. The molecule has 0 heterocycles. The van der Waals surface area contributed by atoms with Gasteiger partial charge in [-0.1, -0.05) is 62.9 Å². The molecule has 21 heavy (non-hydrogen) atoms. The lowest BCUT2D eigenvalue weighted by atomic mass is 9.80. The van der Waals surface area contributed by atoms with Crippen molar-refractivity contribution >= 4 is 5.91 Å². The Bertz CT molecular complexity index is 502. The van der Waals surface area contributed by atoms with Crippen molar-refractivity contribution in [1.82, 2.24) is 5.32 Å². The molecule has 0 atom stereocenters. The monoisotopic (exact) mass is 288 g/mol. The summed E-state index contributed by atoms with van der Waals surface area (Å²) in [6.07, 6.45) is 4.94. The number of amides is 1. The van der Waals surface area contributed by atoms with Gasteiger partial charge in [-0.2, -0.15) is 0 Å². The van der Waals surface area contributed by atoms with E-state index in [1.165, 1.54) is 17.5 Å². The van der Waals surface area contributed by atoms with Crippen molar-refractivity contribution in [3.63, 3.8) is 0 Å². The van der Waals surface area contributed by atoms with Crippen LogP contribution < -0.4 is 11.1 Å². The normalized spacial score (nSPS) is 18.3. The van der Waals surface area contributed by atoms with E-state index >= 15 is 0 Å². The number of aryl methyl sites for hydroxylation is 1. The summed E-state index contributed by atoms with van der Waals surface area (Å²) < 4.78 is 0. The van der Waals surface area contributed by atoms with Gasteiger partial charge in [0, 0.05) is 12.0 Å². The first kappa shape index (κ1) is 16.0. The Kier molecular flexibility index (Phi) is 4.72. The summed E-state index contributed by atoms with van der Waals surface area (Å²) in [6, 6.07) is 8.47. The summed E-state index contributed by atoms with van der Waals surface area (Å²) in [6.45, 7) is 7.03. The molecular formula is C18H28N2O. The summed E-state index contributed by atoms with van der Waals surface area (Å²) >= 11 is 0. The highest BCUT2D eigenvalue weighted by molar-refractivity contribution is 5.86. The van der Waals surface area contributed by atoms with E-state index in [0.29, 0.717) is 6.54 Å². The average Bonchev–Trinajstić information content (AvgIpc) is 2.45. The zero-order valence-corrected chi connectivity index (χ0v) is 13.5. The topological polar surface area (TPSA) is 55.1 Å². The third kappa shape index (κ3) is 3.85. The maximum Gasteiger partial charge on any atom is 0.240 e. The quantitative estimate of drug-likeness (QED) is 0.894. The van der Waals surface area contributed by atoms with Gasteiger partial charge >= 0.3 is 0 Å². The Hall–Kier alpha value is -1.35. The molecule has 0 radical (unpaired) electrons. The third-order valence-electron chi connectivity index (χ3n) is 4.69. The lowest BCUT2D eigenvalue weighted by Gasteiger charge is -2.34. The zero-order valence-electron chi connectivity index (χ0n) is 13.5. The molecule has 0 saturated heterocycles. The van der Waals surface area contributed by atoms with Crippen molar-refractivity contribution in [2.45, 2.75) is 63.8 Å². The van der Waals surface area contributed by atoms with Crippen LogP contribution in [0.2, 0.25) is 0 Å². The predicted octanol–water partition coefficient (Wildman–Crippen LogP) is 3.05. The van der Waals surface area contributed by atoms with Gasteiger partial charge in [-0.15, -0.1) is 0 Å². The molecule has 116 valence electrons. The van der Waals surface area contributed by atoms with Crippen LogP contribution in [-0.4, -0.2) is 18.0 Å². The first-order valence-electron chi connectivity index (χ1n) is 7.98. The molecule has 1 aliphatic carbocycles. The number of carbonyl (C=O) groups is 1. The van der Waals surface area contributed by atoms with Crippen molar-refractivity contribution in [1.29, 1.82) is 0 Å². The summed E-state index contributed by atoms with van der Waals surface area (Å²) in [4.78, 5) is 12.4. The Labute approximate surface area is 128 Å². The fourth-order valence-corrected chi connectivity index (χ4v) is 3.06. The van der Waals surface area contributed by atoms with Crippen LogP contribution in [0.3, 0.4) is 0 Å². The number of rotatable bonds is 4. The molecule has 0 unspecified atom stereocenters. The van der Waals surface area contributed by atoms with Gasteiger partial charge in [0.25, 0.3) is 0 Å². The first-order valence-corrected chi connectivity index (χ1v) is 7.98. The largest absolute Gasteiger partial charge is 0.354 e. The maximum absolute atomic E-state index is 12.4. The number of hydrogen-bond donors (Lipinski definition) is 2. The van der Waals surface area contributed by atoms with Crippen LogP contribution in [0.1, 0.15) is 57.1 Å². The van der Waals surface area contributed by atoms with Crippen LogP contribution in [0, 0.1) is 6.92 Å². The Morgan fingerprint density at radius 2 is 1.95 bits per heavy atom. The van der Waals surface area contributed by atoms with Gasteiger partial charge < -0.3 is 11.1 Å². The van der Waals surface area contributed by atoms with Gasteiger partial charge in [0.1, 0.15) is 0 Å². The molecule has 1 aliphatic rings. The summed E-state index contributed by atoms with van der Waals surface area (Å²) in [5, 5.41) is 3.09. The number of carbonyl (C=O) groups excluding carboxylic acids is 1. The van der Waals surface area contributed by atoms with Crippen LogP contribution >= 0.6 is 0 Å². The zero-order chi connectivity index (χ0) is 15.5. The van der Waals surface area contributed by atoms with Gasteiger partial charge in [-0.25, -0.2) is 0 Å². The SMILES string of the molecule is Cc1cccc(C(C)(C)CNC(=O)C2(N)CCCCC2)c1. The highest BCUT2D eigenvalue weighted by atomic mass is 16.2. The minimum absolute atomic E-state index is 0.0166. The van der Waals surface area contributed by atoms with E-state index in [0.717, 1.165) is 25.7 Å². The molecular weight excluding hydrogens is 260 g/mol. The van der Waals surface area contributed by atoms with Crippen molar-refractivity contribution < 1.29 is 4.79 Å². The minimum Gasteiger partial charge on any atom is -0.354 e. The van der Waals surface area contributed by atoms with Crippen LogP contribution in [0.5, 0.6) is 0 Å². The number of nitrogens with two attached hydrogens (primary N) is 1. The van der Waals surface area contributed by atoms with Crippen molar-refractivity contribution in [2.75, 3.05) is 6.54 Å². The lowest BCUT2D eigenvalue weighted by Crippen LogP contribution is -2.56. The van der Waals surface area contributed by atoms with Gasteiger partial charge in [0.2, 0.25) is 5.91 Å². The number of nitrogens with one attached hydrogen (secondary N) is 1. The smallest absolute Gasteiger partial charge is 0.240 e. The Morgan fingerprint density at radius 1 is 1.29 bits per heavy atom. The van der Waals surface area contributed by atoms with Gasteiger partial charge in [-0.3, -0.25) is 4.79 Å². The Balaban J connectivity index is 1.99. The molecule has 3 nitrogen and oxygen atoms in total. The molecule has 2 rings (SSSR count). The second-order valence-electron chi connectivity index (χ2n) is 7.15. The van der Waals surface area contributed by atoms with Gasteiger partial charge in [0.05, 0.1) is 5.54 Å². The molecule has 1 fully saturated rings. The van der Waals surface area contributed by atoms with E-state index in [4.69, 9.17) is 5.73 Å². The molecule has 0 aromatic heterocycles. The summed E-state index contributed by atoms with van der Waals surface area (Å²) in [5.74, 6) is 0.0166. The molecule has 1 aromatic carbocycles. The van der Waals surface area contributed by atoms with Crippen LogP contribution in [0.25, 0.3) is 0 Å². The average molecular weight is 288 g/mol. The van der Waals surface area contributed by atoms with E-state index in [1.807, 2.05) is 0 Å². The second kappa shape index (κ2) is 6.18. The van der Waals surface area contributed by atoms with Crippen LogP contribution in [-0.2, 0) is 10.2 Å². The third-order valence-corrected chi connectivity index (χ3v) is 4.69. The molecule has 3 N–H and O–H groups in total. The fourth-order valence-electron chi connectivity index (χ4n) is 3.06. The molecule has 1 aromatic rings. The van der Waals surface area contributed by atoms with Crippen molar-refractivity contribution in [3.8, 4) is 0 Å². The van der Waals surface area contributed by atoms with E-state index in [1.54, 1.807) is 0 Å². The molecule has 1 amide bonds. The molecule has 0 spiro atoms. The molecule has 3 heteroatoms. The highest BCUT2D eigenvalue weighted by Crippen LogP contribution is 2.27. The van der Waals surface area contributed by atoms with Crippen LogP contribution in [0.15, 0.2) is 24.3 Å². The lowest BCUT2D eigenvalue weighted by molar-refractivity contribution is -0.127. The minimum atomic E-state index is -0.652. The molecule has 0 bridgehead atoms.